The van der Waals surface area contributed by atoms with Crippen LogP contribution in [0.3, 0.4) is 0 Å². The minimum Gasteiger partial charge on any atom is -0.464 e. The Hall–Kier alpha value is -5.27. The summed E-state index contributed by atoms with van der Waals surface area (Å²) < 4.78 is 7.23. The minimum absolute atomic E-state index is 0.00238. The first-order chi connectivity index (χ1) is 24.9. The Bertz CT molecular complexity index is 1770. The predicted molar refractivity (Wildman–Crippen MR) is 188 cm³/mol. The van der Waals surface area contributed by atoms with Gasteiger partial charge in [-0.2, -0.15) is 5.21 Å². The van der Waals surface area contributed by atoms with Crippen LogP contribution in [0.4, 0.5) is 0 Å². The van der Waals surface area contributed by atoms with E-state index in [0.29, 0.717) is 37.3 Å². The molecule has 4 rings (SSSR count). The number of amides is 1. The Morgan fingerprint density at radius 3 is 2.40 bits per heavy atom. The highest BCUT2D eigenvalue weighted by Crippen LogP contribution is 2.31. The molecule has 0 spiro atoms. The highest BCUT2D eigenvalue weighted by atomic mass is 17.1. The van der Waals surface area contributed by atoms with Gasteiger partial charge in [0.2, 0.25) is 5.82 Å². The van der Waals surface area contributed by atoms with E-state index in [4.69, 9.17) is 31.6 Å². The molecular formula is C34H47N11O7. The predicted octanol–water partition coefficient (Wildman–Crippen LogP) is 2.45. The molecule has 0 aliphatic carbocycles. The number of guanidine groups is 1. The van der Waals surface area contributed by atoms with Gasteiger partial charge in [-0.25, -0.2) is 9.78 Å². The van der Waals surface area contributed by atoms with Crippen molar-refractivity contribution in [3.05, 3.63) is 71.3 Å². The molecule has 2 aromatic carbocycles. The number of aromatic nitrogens is 6. The van der Waals surface area contributed by atoms with E-state index in [1.54, 1.807) is 18.4 Å². The highest BCUT2D eigenvalue weighted by molar-refractivity contribution is 5.97. The number of unbranched alkanes of at least 4 members (excludes halogenated alkanes) is 1. The number of nitrogens with one attached hydrogen (secondary N) is 2. The number of ether oxygens (including phenoxy) is 1. The van der Waals surface area contributed by atoms with E-state index in [1.807, 2.05) is 55.5 Å². The lowest BCUT2D eigenvalue weighted by atomic mass is 9.98. The van der Waals surface area contributed by atoms with E-state index in [2.05, 4.69) is 35.8 Å². The second-order valence-electron chi connectivity index (χ2n) is 12.5. The molecule has 2 heterocycles. The summed E-state index contributed by atoms with van der Waals surface area (Å²) in [5, 5.41) is 45.4. The van der Waals surface area contributed by atoms with Crippen molar-refractivity contribution in [2.24, 2.45) is 16.5 Å². The van der Waals surface area contributed by atoms with Crippen molar-refractivity contribution in [1.29, 1.82) is 0 Å². The number of rotatable bonds is 20. The minimum atomic E-state index is -1.49. The zero-order valence-electron chi connectivity index (χ0n) is 29.5. The summed E-state index contributed by atoms with van der Waals surface area (Å²) in [6.07, 6.45) is 2.52. The van der Waals surface area contributed by atoms with Crippen LogP contribution in [0.15, 0.2) is 53.5 Å². The van der Waals surface area contributed by atoms with E-state index in [-0.39, 0.29) is 55.5 Å². The van der Waals surface area contributed by atoms with Crippen LogP contribution in [0.25, 0.3) is 22.5 Å². The third-order valence-electron chi connectivity index (χ3n) is 7.96. The lowest BCUT2D eigenvalue weighted by Gasteiger charge is -2.21. The van der Waals surface area contributed by atoms with Crippen molar-refractivity contribution in [2.45, 2.75) is 77.5 Å². The SMILES string of the molecule is CCCc1nc(C(C)(C)O)c(C(=O)NC(CCCN=C(N)N)C(=O)OCCCCON(O)O)n1Cc1ccc(-c2ccccc2-c2nn[nH]n2)cc1. The number of carbonyl (C=O) groups is 2. The number of aryl methyl sites for hydroxylation is 1. The number of aliphatic imine (C=N–C) groups is 1. The first kappa shape index (κ1) is 39.5. The Labute approximate surface area is 300 Å². The maximum atomic E-state index is 14.2. The number of esters is 1. The van der Waals surface area contributed by atoms with Gasteiger partial charge in [0.1, 0.15) is 28.9 Å². The summed E-state index contributed by atoms with van der Waals surface area (Å²) >= 11 is 0. The number of nitrogens with two attached hydrogens (primary N) is 2. The highest BCUT2D eigenvalue weighted by Gasteiger charge is 2.33. The van der Waals surface area contributed by atoms with Crippen LogP contribution in [0.2, 0.25) is 0 Å². The van der Waals surface area contributed by atoms with E-state index in [0.717, 1.165) is 28.7 Å². The fourth-order valence-electron chi connectivity index (χ4n) is 5.52. The van der Waals surface area contributed by atoms with Crippen molar-refractivity contribution in [1.82, 2.24) is 40.9 Å². The van der Waals surface area contributed by atoms with Crippen LogP contribution in [0.1, 0.15) is 80.4 Å². The molecule has 18 heteroatoms. The molecule has 0 saturated carbocycles. The summed E-state index contributed by atoms with van der Waals surface area (Å²) in [7, 11) is 0. The fourth-order valence-corrected chi connectivity index (χ4v) is 5.52. The molecule has 280 valence electrons. The number of carbonyl (C=O) groups excluding carboxylic acids is 2. The summed E-state index contributed by atoms with van der Waals surface area (Å²) in [5.41, 5.74) is 13.3. The fraction of sp³-hybridized carbons (Fsp3) is 0.441. The van der Waals surface area contributed by atoms with E-state index in [9.17, 15) is 14.7 Å². The molecule has 9 N–H and O–H groups in total. The molecule has 4 aromatic rings. The van der Waals surface area contributed by atoms with Crippen molar-refractivity contribution >= 4 is 17.8 Å². The van der Waals surface area contributed by atoms with Crippen LogP contribution >= 0.6 is 0 Å². The standard InChI is InChI=1S/C34H47N11O7/c1-4-10-27-39-29(34(2,3)48)28(31(46)38-26(13-9-18-37-33(35)36)32(47)51-19-7-8-20-52-45(49)50)44(27)21-22-14-16-23(17-15-22)24-11-5-6-12-25(24)30-40-42-43-41-30/h5-6,11-12,14-17,26,48-50H,4,7-10,13,18-21H2,1-3H3,(H,38,46)(H4,35,36,37)(H,40,41,42,43). The molecule has 0 radical (unpaired) electrons. The molecule has 1 atom stereocenters. The van der Waals surface area contributed by atoms with Crippen LogP contribution in [0, 0.1) is 0 Å². The van der Waals surface area contributed by atoms with Gasteiger partial charge >= 0.3 is 5.97 Å². The van der Waals surface area contributed by atoms with Crippen LogP contribution in [0.5, 0.6) is 0 Å². The smallest absolute Gasteiger partial charge is 0.328 e. The number of hydrogen-bond donors (Lipinski definition) is 7. The Kier molecular flexibility index (Phi) is 14.3. The molecule has 0 bridgehead atoms. The maximum Gasteiger partial charge on any atom is 0.328 e. The molecular weight excluding hydrogens is 674 g/mol. The molecule has 1 unspecified atom stereocenters. The summed E-state index contributed by atoms with van der Waals surface area (Å²) in [6, 6.07) is 14.5. The van der Waals surface area contributed by atoms with E-state index in [1.165, 1.54) is 0 Å². The Morgan fingerprint density at radius 2 is 1.77 bits per heavy atom. The van der Waals surface area contributed by atoms with Gasteiger partial charge in [-0.05, 0) is 67.9 Å². The normalized spacial score (nSPS) is 12.1. The number of benzene rings is 2. The number of hydrogen-bond acceptors (Lipinski definition) is 13. The third-order valence-corrected chi connectivity index (χ3v) is 7.96. The van der Waals surface area contributed by atoms with Gasteiger partial charge in [-0.1, -0.05) is 55.5 Å². The second kappa shape index (κ2) is 18.8. The summed E-state index contributed by atoms with van der Waals surface area (Å²) in [6.45, 7) is 5.58. The Balaban J connectivity index is 1.61. The van der Waals surface area contributed by atoms with Crippen molar-refractivity contribution in [3.63, 3.8) is 0 Å². The number of nitrogens with zero attached hydrogens (tertiary/aromatic N) is 7. The van der Waals surface area contributed by atoms with Gasteiger partial charge in [-0.3, -0.25) is 25.0 Å². The number of imidazole rings is 1. The van der Waals surface area contributed by atoms with Crippen LogP contribution < -0.4 is 16.8 Å². The Morgan fingerprint density at radius 1 is 1.06 bits per heavy atom. The number of aliphatic hydroxyl groups is 1. The van der Waals surface area contributed by atoms with Gasteiger partial charge in [0, 0.05) is 25.1 Å². The van der Waals surface area contributed by atoms with E-state index < -0.39 is 23.5 Å². The number of aromatic amines is 1. The largest absolute Gasteiger partial charge is 0.464 e. The zero-order valence-corrected chi connectivity index (χ0v) is 29.5. The van der Waals surface area contributed by atoms with Crippen molar-refractivity contribution < 1.29 is 34.7 Å². The molecule has 0 aliphatic rings. The van der Waals surface area contributed by atoms with Crippen molar-refractivity contribution in [2.75, 3.05) is 19.8 Å². The van der Waals surface area contributed by atoms with Gasteiger partial charge in [0.05, 0.1) is 18.6 Å². The molecule has 18 nitrogen and oxygen atoms in total. The van der Waals surface area contributed by atoms with Crippen LogP contribution in [-0.4, -0.2) is 94.7 Å². The summed E-state index contributed by atoms with van der Waals surface area (Å²) in [4.78, 5) is 40.7. The first-order valence-electron chi connectivity index (χ1n) is 17.0. The van der Waals surface area contributed by atoms with Gasteiger partial charge in [-0.15, -0.1) is 10.2 Å². The average Bonchev–Trinajstić information content (AvgIpc) is 3.77. The monoisotopic (exact) mass is 721 g/mol. The van der Waals surface area contributed by atoms with Gasteiger partial charge < -0.3 is 31.2 Å². The lowest BCUT2D eigenvalue weighted by molar-refractivity contribution is -0.492. The van der Waals surface area contributed by atoms with Crippen LogP contribution in [-0.2, 0) is 32.9 Å². The molecule has 1 amide bonds. The number of H-pyrrole nitrogens is 1. The molecule has 0 saturated heterocycles. The van der Waals surface area contributed by atoms with Crippen molar-refractivity contribution in [3.8, 4) is 22.5 Å². The lowest BCUT2D eigenvalue weighted by Crippen LogP contribution is -2.43. The summed E-state index contributed by atoms with van der Waals surface area (Å²) in [5.74, 6) is -0.301. The first-order valence-corrected chi connectivity index (χ1v) is 17.0. The number of tetrazole rings is 1. The van der Waals surface area contributed by atoms with Gasteiger partial charge in [0.25, 0.3) is 5.91 Å². The average molecular weight is 722 g/mol. The van der Waals surface area contributed by atoms with Gasteiger partial charge in [0.15, 0.2) is 5.96 Å². The topological polar surface area (TPSA) is 265 Å². The second-order valence-corrected chi connectivity index (χ2v) is 12.5. The molecule has 2 aromatic heterocycles. The quantitative estimate of drug-likeness (QED) is 0.0227. The molecule has 0 aliphatic heterocycles. The maximum absolute atomic E-state index is 14.2. The third kappa shape index (κ3) is 11.1. The van der Waals surface area contributed by atoms with E-state index >= 15 is 0 Å². The molecule has 0 fully saturated rings. The zero-order chi connectivity index (χ0) is 37.7. The molecule has 52 heavy (non-hydrogen) atoms.